The van der Waals surface area contributed by atoms with Gasteiger partial charge in [0.25, 0.3) is 0 Å². The Morgan fingerprint density at radius 3 is 1.90 bits per heavy atom. The molecule has 0 bridgehead atoms. The van der Waals surface area contributed by atoms with E-state index in [0.29, 0.717) is 0 Å². The van der Waals surface area contributed by atoms with E-state index >= 15 is 0 Å². The summed E-state index contributed by atoms with van der Waals surface area (Å²) in [6.07, 6.45) is -11.3. The molecule has 2 N–H and O–H groups in total. The van der Waals surface area contributed by atoms with Crippen LogP contribution in [0.15, 0.2) is 24.3 Å². The van der Waals surface area contributed by atoms with Crippen molar-refractivity contribution in [1.29, 1.82) is 5.26 Å². The number of carbonyl (C=O) groups excluding carboxylic acids is 1. The van der Waals surface area contributed by atoms with Gasteiger partial charge in [-0.3, -0.25) is 0 Å². The van der Waals surface area contributed by atoms with Crippen LogP contribution in [0, 0.1) is 11.3 Å². The highest BCUT2D eigenvalue weighted by molar-refractivity contribution is 5.89. The first-order chi connectivity index (χ1) is 9.54. The molecule has 0 saturated carbocycles. The first kappa shape index (κ1) is 16.6. The summed E-state index contributed by atoms with van der Waals surface area (Å²) in [5, 5.41) is 11.1. The third-order valence-corrected chi connectivity index (χ3v) is 2.20. The molecule has 1 aromatic rings. The average molecular weight is 311 g/mol. The minimum absolute atomic E-state index is 0.0606. The van der Waals surface area contributed by atoms with Gasteiger partial charge in [-0.25, -0.2) is 4.79 Å². The van der Waals surface area contributed by atoms with Gasteiger partial charge in [0.05, 0.1) is 11.6 Å². The first-order valence-electron chi connectivity index (χ1n) is 5.25. The number of hydrogen-bond acceptors (Lipinski definition) is 2. The van der Waals surface area contributed by atoms with E-state index in [1.165, 1.54) is 12.1 Å². The molecule has 0 heterocycles. The fraction of sp³-hybridized carbons (Fsp3) is 0.273. The summed E-state index contributed by atoms with van der Waals surface area (Å²) < 4.78 is 73.3. The van der Waals surface area contributed by atoms with Crippen molar-refractivity contribution in [1.82, 2.24) is 5.32 Å². The number of carbonyl (C=O) groups is 1. The third kappa shape index (κ3) is 4.87. The number of urea groups is 1. The van der Waals surface area contributed by atoms with Gasteiger partial charge < -0.3 is 10.6 Å². The van der Waals surface area contributed by atoms with E-state index < -0.39 is 24.4 Å². The molecule has 0 spiro atoms. The maximum atomic E-state index is 12.2. The molecule has 10 heteroatoms. The van der Waals surface area contributed by atoms with Gasteiger partial charge in [-0.1, -0.05) is 0 Å². The summed E-state index contributed by atoms with van der Waals surface area (Å²) in [6, 6.07) is 0.913. The largest absolute Gasteiger partial charge is 0.417 e. The molecule has 0 aromatic heterocycles. The van der Waals surface area contributed by atoms with E-state index in [9.17, 15) is 31.1 Å². The molecule has 2 amide bonds. The number of amides is 2. The Balaban J connectivity index is 2.77. The van der Waals surface area contributed by atoms with Gasteiger partial charge in [0, 0.05) is 5.69 Å². The highest BCUT2D eigenvalue weighted by atomic mass is 19.4. The molecule has 0 saturated heterocycles. The maximum absolute atomic E-state index is 12.2. The van der Waals surface area contributed by atoms with Crippen LogP contribution in [0.4, 0.5) is 36.8 Å². The summed E-state index contributed by atoms with van der Waals surface area (Å²) in [5.41, 5.74) is 0.152. The molecule has 0 aliphatic heterocycles. The van der Waals surface area contributed by atoms with Gasteiger partial charge in [0.2, 0.25) is 6.04 Å². The van der Waals surface area contributed by atoms with Crippen molar-refractivity contribution in [3.8, 4) is 6.07 Å². The van der Waals surface area contributed by atoms with Crippen molar-refractivity contribution in [2.45, 2.75) is 18.4 Å². The van der Waals surface area contributed by atoms with E-state index in [1.807, 2.05) is 5.32 Å². The van der Waals surface area contributed by atoms with Crippen molar-refractivity contribution in [2.75, 3.05) is 5.32 Å². The molecule has 21 heavy (non-hydrogen) atoms. The van der Waals surface area contributed by atoms with Crippen LogP contribution in [0.3, 0.4) is 0 Å². The van der Waals surface area contributed by atoms with E-state index in [4.69, 9.17) is 5.26 Å². The number of rotatable bonds is 2. The van der Waals surface area contributed by atoms with Crippen LogP contribution in [0.5, 0.6) is 0 Å². The number of nitrogens with one attached hydrogen (secondary N) is 2. The smallest absolute Gasteiger partial charge is 0.318 e. The summed E-state index contributed by atoms with van der Waals surface area (Å²) in [5.74, 6) is 0. The molecular weight excluding hydrogens is 304 g/mol. The molecule has 0 fully saturated rings. The number of alkyl halides is 6. The lowest BCUT2D eigenvalue weighted by Crippen LogP contribution is -2.55. The summed E-state index contributed by atoms with van der Waals surface area (Å²) in [4.78, 5) is 11.2. The van der Waals surface area contributed by atoms with Crippen molar-refractivity contribution in [3.63, 3.8) is 0 Å². The SMILES string of the molecule is N#Cc1ccc(NC(=O)NC(C(F)(F)F)C(F)(F)F)cc1. The Morgan fingerprint density at radius 2 is 1.52 bits per heavy atom. The second kappa shape index (κ2) is 5.90. The summed E-state index contributed by atoms with van der Waals surface area (Å²) in [6.45, 7) is 0. The van der Waals surface area contributed by atoms with Gasteiger partial charge in [0.15, 0.2) is 0 Å². The lowest BCUT2D eigenvalue weighted by atomic mass is 10.2. The van der Waals surface area contributed by atoms with Crippen LogP contribution < -0.4 is 10.6 Å². The Morgan fingerprint density at radius 1 is 1.05 bits per heavy atom. The van der Waals surface area contributed by atoms with E-state index in [1.54, 1.807) is 6.07 Å². The van der Waals surface area contributed by atoms with Gasteiger partial charge in [0.1, 0.15) is 0 Å². The third-order valence-electron chi connectivity index (χ3n) is 2.20. The topological polar surface area (TPSA) is 64.9 Å². The molecular formula is C11H7F6N3O. The predicted molar refractivity (Wildman–Crippen MR) is 59.2 cm³/mol. The molecule has 0 atom stereocenters. The number of nitriles is 1. The highest BCUT2D eigenvalue weighted by Crippen LogP contribution is 2.33. The van der Waals surface area contributed by atoms with Crippen LogP contribution in [0.2, 0.25) is 0 Å². The zero-order chi connectivity index (χ0) is 16.3. The Bertz CT molecular complexity index is 529. The lowest BCUT2D eigenvalue weighted by molar-refractivity contribution is -0.255. The maximum Gasteiger partial charge on any atom is 0.417 e. The van der Waals surface area contributed by atoms with Crippen molar-refractivity contribution < 1.29 is 31.1 Å². The zero-order valence-electron chi connectivity index (χ0n) is 10.0. The first-order valence-corrected chi connectivity index (χ1v) is 5.25. The number of hydrogen-bond donors (Lipinski definition) is 2. The molecule has 0 aliphatic carbocycles. The van der Waals surface area contributed by atoms with Crippen LogP contribution in [0.1, 0.15) is 5.56 Å². The molecule has 0 radical (unpaired) electrons. The average Bonchev–Trinajstić information content (AvgIpc) is 2.34. The van der Waals surface area contributed by atoms with Crippen LogP contribution in [-0.4, -0.2) is 24.4 Å². The quantitative estimate of drug-likeness (QED) is 0.824. The van der Waals surface area contributed by atoms with E-state index in [0.717, 1.165) is 17.4 Å². The highest BCUT2D eigenvalue weighted by Gasteiger charge is 2.57. The predicted octanol–water partition coefficient (Wildman–Crippen LogP) is 3.17. The second-order valence-corrected chi connectivity index (χ2v) is 3.80. The van der Waals surface area contributed by atoms with Gasteiger partial charge >= 0.3 is 18.4 Å². The number of nitrogens with zero attached hydrogens (tertiary/aromatic N) is 1. The van der Waals surface area contributed by atoms with Crippen LogP contribution in [0.25, 0.3) is 0 Å². The molecule has 114 valence electrons. The minimum Gasteiger partial charge on any atom is -0.318 e. The van der Waals surface area contributed by atoms with Crippen LogP contribution in [-0.2, 0) is 0 Å². The van der Waals surface area contributed by atoms with Crippen molar-refractivity contribution in [3.05, 3.63) is 29.8 Å². The summed E-state index contributed by atoms with van der Waals surface area (Å²) in [7, 11) is 0. The van der Waals surface area contributed by atoms with Gasteiger partial charge in [-0.15, -0.1) is 0 Å². The molecule has 4 nitrogen and oxygen atoms in total. The normalized spacial score (nSPS) is 11.9. The van der Waals surface area contributed by atoms with Crippen molar-refractivity contribution >= 4 is 11.7 Å². The molecule has 0 aliphatic rings. The van der Waals surface area contributed by atoms with E-state index in [2.05, 4.69) is 0 Å². The fourth-order valence-corrected chi connectivity index (χ4v) is 1.28. The standard InChI is InChI=1S/C11H7F6N3O/c12-10(13,14)8(11(15,16)17)20-9(21)19-7-3-1-6(5-18)2-4-7/h1-4,8H,(H2,19,20,21). The number of halogens is 6. The Labute approximate surface area is 114 Å². The summed E-state index contributed by atoms with van der Waals surface area (Å²) >= 11 is 0. The van der Waals surface area contributed by atoms with Gasteiger partial charge in [-0.2, -0.15) is 31.6 Å². The lowest BCUT2D eigenvalue weighted by Gasteiger charge is -2.23. The number of benzene rings is 1. The van der Waals surface area contributed by atoms with Gasteiger partial charge in [-0.05, 0) is 24.3 Å². The number of anilines is 1. The van der Waals surface area contributed by atoms with E-state index in [-0.39, 0.29) is 11.3 Å². The van der Waals surface area contributed by atoms with Crippen molar-refractivity contribution in [2.24, 2.45) is 0 Å². The monoisotopic (exact) mass is 311 g/mol. The zero-order valence-corrected chi connectivity index (χ0v) is 10.0. The second-order valence-electron chi connectivity index (χ2n) is 3.80. The molecule has 1 rings (SSSR count). The Kier molecular flexibility index (Phi) is 4.67. The van der Waals surface area contributed by atoms with Crippen LogP contribution >= 0.6 is 0 Å². The fourth-order valence-electron chi connectivity index (χ4n) is 1.28. The minimum atomic E-state index is -5.67. The molecule has 1 aromatic carbocycles. The molecule has 0 unspecified atom stereocenters. The Hall–Kier alpha value is -2.44.